The average Bonchev–Trinajstić information content (AvgIpc) is 3.47. The normalized spacial score (nSPS) is 15.8. The number of fused-ring (bicyclic) bond motifs is 1. The summed E-state index contributed by atoms with van der Waals surface area (Å²) >= 11 is 1.31. The van der Waals surface area contributed by atoms with E-state index in [-0.39, 0.29) is 18.4 Å². The number of carbonyl (C=O) groups excluding carboxylic acids is 1. The molecule has 13 nitrogen and oxygen atoms in total. The lowest BCUT2D eigenvalue weighted by Gasteiger charge is -2.37. The van der Waals surface area contributed by atoms with E-state index in [1.165, 1.54) is 35.9 Å². The third-order valence-corrected chi connectivity index (χ3v) is 10.5. The number of nitrogens with one attached hydrogen (secondary N) is 2. The lowest BCUT2D eigenvalue weighted by atomic mass is 10.1. The summed E-state index contributed by atoms with van der Waals surface area (Å²) < 4.78 is 56.7. The zero-order valence-electron chi connectivity index (χ0n) is 30.7. The van der Waals surface area contributed by atoms with E-state index < -0.39 is 24.8 Å². The van der Waals surface area contributed by atoms with E-state index in [0.29, 0.717) is 52.2 Å². The molecule has 0 saturated carbocycles. The number of phosphoric ester groups is 1. The van der Waals surface area contributed by atoms with E-state index in [2.05, 4.69) is 30.5 Å². The van der Waals surface area contributed by atoms with Crippen molar-refractivity contribution in [1.29, 1.82) is 0 Å². The van der Waals surface area contributed by atoms with E-state index in [0.717, 1.165) is 37.2 Å². The molecule has 1 fully saturated rings. The Morgan fingerprint density at radius 1 is 1.06 bits per heavy atom. The molecule has 0 radical (unpaired) electrons. The summed E-state index contributed by atoms with van der Waals surface area (Å²) in [4.78, 5) is 28.8. The molecule has 282 valence electrons. The van der Waals surface area contributed by atoms with Crippen LogP contribution in [0.1, 0.15) is 65.7 Å². The molecule has 1 amide bonds. The second kappa shape index (κ2) is 17.0. The number of anilines is 3. The molecule has 1 atom stereocenters. The molecule has 2 aromatic carbocycles. The van der Waals surface area contributed by atoms with Gasteiger partial charge in [0.25, 0.3) is 0 Å². The maximum atomic E-state index is 13.6. The summed E-state index contributed by atoms with van der Waals surface area (Å²) in [6.07, 6.45) is 5.29. The van der Waals surface area contributed by atoms with Crippen molar-refractivity contribution >= 4 is 52.6 Å². The van der Waals surface area contributed by atoms with Crippen molar-refractivity contribution in [3.05, 3.63) is 59.6 Å². The number of phosphoric acid groups is 1. The van der Waals surface area contributed by atoms with Gasteiger partial charge in [-0.25, -0.2) is 23.9 Å². The van der Waals surface area contributed by atoms with Crippen LogP contribution in [-0.4, -0.2) is 76.4 Å². The van der Waals surface area contributed by atoms with Gasteiger partial charge < -0.3 is 25.0 Å². The fourth-order valence-corrected chi connectivity index (χ4v) is 8.41. The van der Waals surface area contributed by atoms with Crippen LogP contribution in [0.25, 0.3) is 10.9 Å². The van der Waals surface area contributed by atoms with Crippen molar-refractivity contribution in [2.24, 2.45) is 0 Å². The SMILES string of the molecule is COc1cc2c(Nc3ncc(CC(=O)Nc4cccc(F)c4)s3)ncnc2cc1OCCCN1CCCC(OP(=O)(OC(C)(C)C)OC(C)(C)C)C1. The summed E-state index contributed by atoms with van der Waals surface area (Å²) in [5, 5.41) is 7.17. The molecule has 1 saturated heterocycles. The van der Waals surface area contributed by atoms with Gasteiger partial charge in [-0.3, -0.25) is 18.4 Å². The van der Waals surface area contributed by atoms with Gasteiger partial charge in [0.15, 0.2) is 16.6 Å². The Labute approximate surface area is 308 Å². The Morgan fingerprint density at radius 2 is 1.83 bits per heavy atom. The minimum atomic E-state index is -3.81. The summed E-state index contributed by atoms with van der Waals surface area (Å²) in [5.41, 5.74) is -0.349. The number of rotatable bonds is 15. The molecule has 3 heterocycles. The van der Waals surface area contributed by atoms with Crippen LogP contribution in [0, 0.1) is 5.82 Å². The molecule has 1 aliphatic rings. The van der Waals surface area contributed by atoms with E-state index in [1.807, 2.05) is 53.7 Å². The van der Waals surface area contributed by atoms with E-state index in [4.69, 9.17) is 23.0 Å². The first-order valence-corrected chi connectivity index (χ1v) is 19.5. The zero-order chi connectivity index (χ0) is 37.5. The number of piperidine rings is 1. The molecule has 2 aromatic heterocycles. The molecule has 0 spiro atoms. The number of ether oxygens (including phenoxy) is 2. The minimum absolute atomic E-state index is 0.0852. The number of likely N-dealkylation sites (tertiary alicyclic amines) is 1. The molecular weight excluding hydrogens is 710 g/mol. The maximum Gasteiger partial charge on any atom is 0.476 e. The van der Waals surface area contributed by atoms with E-state index >= 15 is 0 Å². The van der Waals surface area contributed by atoms with Crippen LogP contribution in [-0.2, 0) is 29.4 Å². The highest BCUT2D eigenvalue weighted by Crippen LogP contribution is 2.56. The van der Waals surface area contributed by atoms with Crippen LogP contribution >= 0.6 is 19.2 Å². The second-order valence-corrected chi connectivity index (χ2v) is 17.0. The minimum Gasteiger partial charge on any atom is -0.493 e. The fourth-order valence-electron chi connectivity index (χ4n) is 5.60. The molecule has 0 aliphatic carbocycles. The van der Waals surface area contributed by atoms with Crippen molar-refractivity contribution in [3.63, 3.8) is 0 Å². The predicted molar refractivity (Wildman–Crippen MR) is 200 cm³/mol. The summed E-state index contributed by atoms with van der Waals surface area (Å²) in [6.45, 7) is 13.7. The van der Waals surface area contributed by atoms with Crippen molar-refractivity contribution in [3.8, 4) is 11.5 Å². The Hall–Kier alpha value is -3.72. The van der Waals surface area contributed by atoms with Crippen LogP contribution in [0.3, 0.4) is 0 Å². The number of aromatic nitrogens is 3. The van der Waals surface area contributed by atoms with E-state index in [9.17, 15) is 13.8 Å². The fraction of sp³-hybridized carbons (Fsp3) is 0.500. The lowest BCUT2D eigenvalue weighted by Crippen LogP contribution is -2.40. The third kappa shape index (κ3) is 11.9. The van der Waals surface area contributed by atoms with Gasteiger partial charge in [-0.15, -0.1) is 11.3 Å². The van der Waals surface area contributed by atoms with Crippen molar-refractivity contribution in [1.82, 2.24) is 19.9 Å². The lowest BCUT2D eigenvalue weighted by molar-refractivity contribution is -0.115. The quantitative estimate of drug-likeness (QED) is 0.0891. The standard InChI is InChI=1S/C36H48FN6O7PS/c1-35(2,3)49-51(45,50-36(4,5)6)48-26-13-9-14-43(22-26)15-10-16-47-31-20-29-28(19-30(31)46-7)33(40-23-39-29)42-34-38-21-27(52-34)18-32(44)41-25-12-8-11-24(37)17-25/h8,11-12,17,19-21,23,26H,9-10,13-16,18,22H2,1-7H3,(H,41,44)(H,38,39,40,42). The average molecular weight is 759 g/mol. The molecular formula is C36H48FN6O7PS. The number of benzene rings is 2. The third-order valence-electron chi connectivity index (χ3n) is 7.53. The Bertz CT molecular complexity index is 1860. The predicted octanol–water partition coefficient (Wildman–Crippen LogP) is 8.15. The van der Waals surface area contributed by atoms with E-state index in [1.54, 1.807) is 19.4 Å². The van der Waals surface area contributed by atoms with Crippen LogP contribution < -0.4 is 20.1 Å². The van der Waals surface area contributed by atoms with Gasteiger partial charge in [-0.2, -0.15) is 0 Å². The number of hydrogen-bond donors (Lipinski definition) is 2. The van der Waals surface area contributed by atoms with Gasteiger partial charge in [-0.1, -0.05) is 6.07 Å². The monoisotopic (exact) mass is 758 g/mol. The zero-order valence-corrected chi connectivity index (χ0v) is 32.4. The highest BCUT2D eigenvalue weighted by Gasteiger charge is 2.40. The van der Waals surface area contributed by atoms with Gasteiger partial charge in [0.1, 0.15) is 18.0 Å². The number of hydrogen-bond acceptors (Lipinski definition) is 13. The highest BCUT2D eigenvalue weighted by molar-refractivity contribution is 7.48. The maximum absolute atomic E-state index is 13.6. The largest absolute Gasteiger partial charge is 0.493 e. The van der Waals surface area contributed by atoms with Gasteiger partial charge in [0.05, 0.1) is 43.0 Å². The van der Waals surface area contributed by atoms with Crippen LogP contribution in [0.5, 0.6) is 11.5 Å². The second-order valence-electron chi connectivity index (χ2n) is 14.5. The smallest absolute Gasteiger partial charge is 0.476 e. The Balaban J connectivity index is 1.15. The molecule has 52 heavy (non-hydrogen) atoms. The molecule has 5 rings (SSSR count). The van der Waals surface area contributed by atoms with Crippen LogP contribution in [0.15, 0.2) is 48.9 Å². The van der Waals surface area contributed by atoms with Crippen molar-refractivity contribution in [2.75, 3.05) is 44.0 Å². The first-order valence-electron chi connectivity index (χ1n) is 17.2. The summed E-state index contributed by atoms with van der Waals surface area (Å²) in [6, 6.07) is 9.38. The first kappa shape index (κ1) is 39.5. The van der Waals surface area contributed by atoms with Gasteiger partial charge >= 0.3 is 7.82 Å². The molecule has 4 aromatic rings. The van der Waals surface area contributed by atoms with Gasteiger partial charge in [-0.05, 0) is 91.6 Å². The molecule has 16 heteroatoms. The van der Waals surface area contributed by atoms with Crippen molar-refractivity contribution < 1.29 is 36.8 Å². The number of carbonyl (C=O) groups is 1. The van der Waals surface area contributed by atoms with Crippen molar-refractivity contribution in [2.45, 2.75) is 84.5 Å². The topological polar surface area (TPSA) is 146 Å². The summed E-state index contributed by atoms with van der Waals surface area (Å²) in [7, 11) is -2.23. The number of methoxy groups -OCH3 is 1. The first-order chi connectivity index (χ1) is 24.6. The molecule has 1 aliphatic heterocycles. The molecule has 2 N–H and O–H groups in total. The number of amides is 1. The highest BCUT2D eigenvalue weighted by atomic mass is 32.1. The van der Waals surface area contributed by atoms with Crippen LogP contribution in [0.2, 0.25) is 0 Å². The van der Waals surface area contributed by atoms with Gasteiger partial charge in [0, 0.05) is 41.3 Å². The number of thiazole rings is 1. The summed E-state index contributed by atoms with van der Waals surface area (Å²) in [5.74, 6) is 0.902. The van der Waals surface area contributed by atoms with Crippen LogP contribution in [0.4, 0.5) is 21.0 Å². The molecule has 0 bridgehead atoms. The Kier molecular flexibility index (Phi) is 12.9. The number of nitrogens with zero attached hydrogens (tertiary/aromatic N) is 4. The Morgan fingerprint density at radius 3 is 2.54 bits per heavy atom. The number of halogens is 1. The van der Waals surface area contributed by atoms with Gasteiger partial charge in [0.2, 0.25) is 5.91 Å². The molecule has 1 unspecified atom stereocenters.